The Balaban J connectivity index is 0.00000324. The Labute approximate surface area is 196 Å². The minimum atomic E-state index is -1.36. The lowest BCUT2D eigenvalue weighted by atomic mass is 9.98. The van der Waals surface area contributed by atoms with E-state index < -0.39 is 11.6 Å². The molecule has 0 spiro atoms. The van der Waals surface area contributed by atoms with Crippen LogP contribution in [0.25, 0.3) is 22.5 Å². The number of H-pyrrole nitrogens is 1. The number of hydrogen-bond acceptors (Lipinski definition) is 6. The highest BCUT2D eigenvalue weighted by Gasteiger charge is 2.31. The topological polar surface area (TPSA) is 161 Å². The lowest BCUT2D eigenvalue weighted by Crippen LogP contribution is -2.22. The quantitative estimate of drug-likeness (QED) is 0.361. The molecule has 10 nitrogen and oxygen atoms in total. The van der Waals surface area contributed by atoms with Gasteiger partial charge in [0.25, 0.3) is 0 Å². The standard InChI is InChI=1S/C24H26N6O3.H2O/c1-4-7-19-25-21(24(2,3)33)20(23(31)32)30(19)14-15-10-12-16(13-11-15)17-8-5-6-9-18(17)22-26-28-29-27-22;/h5-6,8-13,33H,4,7,14H2,1-3H3,(H,31,32)(H,26,27,28,29);1H2. The van der Waals surface area contributed by atoms with E-state index in [0.717, 1.165) is 28.7 Å². The second-order valence-corrected chi connectivity index (χ2v) is 8.40. The Morgan fingerprint density at radius 3 is 2.32 bits per heavy atom. The number of aromatic amines is 1. The van der Waals surface area contributed by atoms with Crippen molar-refractivity contribution in [1.29, 1.82) is 0 Å². The fourth-order valence-corrected chi connectivity index (χ4v) is 3.91. The van der Waals surface area contributed by atoms with E-state index in [1.54, 1.807) is 18.4 Å². The Bertz CT molecular complexity index is 1260. The molecule has 2 aromatic heterocycles. The Morgan fingerprint density at radius 2 is 1.76 bits per heavy atom. The van der Waals surface area contributed by atoms with Gasteiger partial charge >= 0.3 is 5.97 Å². The van der Waals surface area contributed by atoms with E-state index in [0.29, 0.717) is 24.6 Å². The summed E-state index contributed by atoms with van der Waals surface area (Å²) < 4.78 is 1.70. The maximum Gasteiger partial charge on any atom is 0.354 e. The van der Waals surface area contributed by atoms with Gasteiger partial charge in [0, 0.05) is 18.5 Å². The number of rotatable bonds is 8. The highest BCUT2D eigenvalue weighted by atomic mass is 16.4. The summed E-state index contributed by atoms with van der Waals surface area (Å²) in [6, 6.07) is 15.7. The Kier molecular flexibility index (Phi) is 7.23. The molecule has 0 aliphatic rings. The van der Waals surface area contributed by atoms with Crippen LogP contribution in [0.15, 0.2) is 48.5 Å². The smallest absolute Gasteiger partial charge is 0.354 e. The highest BCUT2D eigenvalue weighted by Crippen LogP contribution is 2.30. The number of aromatic nitrogens is 6. The van der Waals surface area contributed by atoms with Crippen LogP contribution in [0.3, 0.4) is 0 Å². The number of aliphatic hydroxyl groups is 1. The lowest BCUT2D eigenvalue weighted by Gasteiger charge is -2.16. The average molecular weight is 465 g/mol. The minimum Gasteiger partial charge on any atom is -0.477 e. The van der Waals surface area contributed by atoms with E-state index in [2.05, 4.69) is 25.6 Å². The van der Waals surface area contributed by atoms with Crippen molar-refractivity contribution in [2.24, 2.45) is 0 Å². The van der Waals surface area contributed by atoms with Crippen molar-refractivity contribution in [3.05, 3.63) is 71.3 Å². The van der Waals surface area contributed by atoms with E-state index in [-0.39, 0.29) is 16.9 Å². The number of imidazole rings is 1. The molecule has 4 aromatic rings. The number of carbonyl (C=O) groups is 1. The van der Waals surface area contributed by atoms with Crippen LogP contribution < -0.4 is 0 Å². The second kappa shape index (κ2) is 9.94. The number of carboxylic acids is 1. The molecule has 2 heterocycles. The molecule has 0 aliphatic heterocycles. The van der Waals surface area contributed by atoms with Gasteiger partial charge in [0.05, 0.1) is 0 Å². The number of benzene rings is 2. The SMILES string of the molecule is CCCc1nc(C(C)(C)O)c(C(=O)O)n1Cc1ccc(-c2ccccc2-c2nn[nH]n2)cc1.O. The molecule has 0 saturated heterocycles. The summed E-state index contributed by atoms with van der Waals surface area (Å²) in [5.74, 6) is 0.0636. The van der Waals surface area contributed by atoms with Gasteiger partial charge in [-0.25, -0.2) is 9.78 Å². The van der Waals surface area contributed by atoms with Crippen LogP contribution in [0.2, 0.25) is 0 Å². The van der Waals surface area contributed by atoms with Crippen molar-refractivity contribution in [2.75, 3.05) is 0 Å². The molecule has 178 valence electrons. The zero-order valence-electron chi connectivity index (χ0n) is 19.3. The first-order valence-corrected chi connectivity index (χ1v) is 10.8. The number of nitrogens with one attached hydrogen (secondary N) is 1. The molecule has 0 atom stereocenters. The first-order valence-electron chi connectivity index (χ1n) is 10.8. The van der Waals surface area contributed by atoms with E-state index in [9.17, 15) is 15.0 Å². The van der Waals surface area contributed by atoms with E-state index >= 15 is 0 Å². The van der Waals surface area contributed by atoms with E-state index in [4.69, 9.17) is 0 Å². The molecule has 2 aromatic carbocycles. The monoisotopic (exact) mass is 464 g/mol. The van der Waals surface area contributed by atoms with Crippen molar-refractivity contribution in [2.45, 2.75) is 45.8 Å². The van der Waals surface area contributed by atoms with Crippen LogP contribution in [0.4, 0.5) is 0 Å². The number of hydrogen-bond donors (Lipinski definition) is 3. The summed E-state index contributed by atoms with van der Waals surface area (Å²) in [7, 11) is 0. The molecule has 0 saturated carbocycles. The minimum absolute atomic E-state index is 0. The van der Waals surface area contributed by atoms with Crippen LogP contribution in [0.5, 0.6) is 0 Å². The van der Waals surface area contributed by atoms with E-state index in [1.807, 2.05) is 55.5 Å². The van der Waals surface area contributed by atoms with Gasteiger partial charge in [0.2, 0.25) is 5.82 Å². The highest BCUT2D eigenvalue weighted by molar-refractivity contribution is 5.87. The van der Waals surface area contributed by atoms with Gasteiger partial charge in [-0.05, 0) is 42.2 Å². The third-order valence-electron chi connectivity index (χ3n) is 5.42. The summed E-state index contributed by atoms with van der Waals surface area (Å²) in [6.45, 7) is 5.46. The number of nitrogens with zero attached hydrogens (tertiary/aromatic N) is 5. The molecule has 0 fully saturated rings. The molecular formula is C24H28N6O4. The van der Waals surface area contributed by atoms with Crippen molar-refractivity contribution in [1.82, 2.24) is 30.2 Å². The third kappa shape index (κ3) is 4.87. The van der Waals surface area contributed by atoms with Gasteiger partial charge in [-0.1, -0.05) is 55.5 Å². The van der Waals surface area contributed by atoms with Crippen molar-refractivity contribution in [3.63, 3.8) is 0 Å². The second-order valence-electron chi connectivity index (χ2n) is 8.40. The van der Waals surface area contributed by atoms with Gasteiger partial charge in [-0.3, -0.25) is 0 Å². The molecule has 4 rings (SSSR count). The number of tetrazole rings is 1. The van der Waals surface area contributed by atoms with Crippen molar-refractivity contribution in [3.8, 4) is 22.5 Å². The van der Waals surface area contributed by atoms with Crippen molar-refractivity contribution < 1.29 is 20.5 Å². The molecular weight excluding hydrogens is 436 g/mol. The third-order valence-corrected chi connectivity index (χ3v) is 5.42. The maximum absolute atomic E-state index is 12.1. The lowest BCUT2D eigenvalue weighted by molar-refractivity contribution is 0.0602. The number of carboxylic acid groups (broad SMARTS) is 1. The molecule has 0 radical (unpaired) electrons. The predicted molar refractivity (Wildman–Crippen MR) is 126 cm³/mol. The summed E-state index contributed by atoms with van der Waals surface area (Å²) in [5, 5.41) is 34.7. The van der Waals surface area contributed by atoms with Crippen LogP contribution >= 0.6 is 0 Å². The van der Waals surface area contributed by atoms with Gasteiger partial charge < -0.3 is 20.3 Å². The van der Waals surface area contributed by atoms with Gasteiger partial charge in [0.1, 0.15) is 17.1 Å². The molecule has 5 N–H and O–H groups in total. The normalized spacial score (nSPS) is 11.3. The summed E-state index contributed by atoms with van der Waals surface area (Å²) in [4.78, 5) is 16.6. The maximum atomic E-state index is 12.1. The zero-order valence-corrected chi connectivity index (χ0v) is 19.3. The molecule has 0 aliphatic carbocycles. The predicted octanol–water partition coefficient (Wildman–Crippen LogP) is 2.83. The molecule has 10 heteroatoms. The molecule has 34 heavy (non-hydrogen) atoms. The first kappa shape index (κ1) is 24.7. The summed E-state index contributed by atoms with van der Waals surface area (Å²) in [6.07, 6.45) is 1.43. The van der Waals surface area contributed by atoms with E-state index in [1.165, 1.54) is 0 Å². The molecule has 0 unspecified atom stereocenters. The molecule has 0 bridgehead atoms. The number of aromatic carboxylic acids is 1. The van der Waals surface area contributed by atoms with Gasteiger partial charge in [-0.2, -0.15) is 5.21 Å². The van der Waals surface area contributed by atoms with Crippen LogP contribution in [-0.4, -0.2) is 51.8 Å². The zero-order chi connectivity index (χ0) is 23.6. The fourth-order valence-electron chi connectivity index (χ4n) is 3.91. The Morgan fingerprint density at radius 1 is 1.09 bits per heavy atom. The fraction of sp³-hybridized carbons (Fsp3) is 0.292. The van der Waals surface area contributed by atoms with Crippen LogP contribution in [0.1, 0.15) is 54.8 Å². The number of aryl methyl sites for hydroxylation is 1. The average Bonchev–Trinajstić information content (AvgIpc) is 3.43. The largest absolute Gasteiger partial charge is 0.477 e. The van der Waals surface area contributed by atoms with Crippen molar-refractivity contribution >= 4 is 5.97 Å². The summed E-state index contributed by atoms with van der Waals surface area (Å²) >= 11 is 0. The van der Waals surface area contributed by atoms with Crippen LogP contribution in [0, 0.1) is 0 Å². The Hall–Kier alpha value is -3.89. The van der Waals surface area contributed by atoms with Gasteiger partial charge in [-0.15, -0.1) is 10.2 Å². The van der Waals surface area contributed by atoms with Gasteiger partial charge in [0.15, 0.2) is 5.69 Å². The summed E-state index contributed by atoms with van der Waals surface area (Å²) in [5.41, 5.74) is 2.59. The van der Waals surface area contributed by atoms with Crippen LogP contribution in [-0.2, 0) is 18.6 Å². The first-order chi connectivity index (χ1) is 15.8. The molecule has 0 amide bonds.